The Labute approximate surface area is 193 Å². The number of ether oxygens (including phenoxy) is 1. The van der Waals surface area contributed by atoms with E-state index >= 15 is 0 Å². The molecule has 6 nitrogen and oxygen atoms in total. The van der Waals surface area contributed by atoms with Gasteiger partial charge in [-0.15, -0.1) is 10.2 Å². The summed E-state index contributed by atoms with van der Waals surface area (Å²) in [5.41, 5.74) is 0. The van der Waals surface area contributed by atoms with E-state index in [-0.39, 0.29) is 12.5 Å². The first-order chi connectivity index (χ1) is 15.2. The molecule has 0 bridgehead atoms. The molecule has 1 amide bonds. The van der Waals surface area contributed by atoms with Crippen LogP contribution in [-0.4, -0.2) is 38.8 Å². The highest BCUT2D eigenvalue weighted by molar-refractivity contribution is 7.99. The second-order valence-corrected chi connectivity index (χ2v) is 9.74. The van der Waals surface area contributed by atoms with Gasteiger partial charge in [0, 0.05) is 17.1 Å². The molecule has 0 saturated heterocycles. The number of rotatable bonds is 8. The third kappa shape index (κ3) is 6.39. The van der Waals surface area contributed by atoms with Crippen LogP contribution in [0.2, 0.25) is 5.02 Å². The van der Waals surface area contributed by atoms with Gasteiger partial charge in [0.1, 0.15) is 5.75 Å². The lowest BCUT2D eigenvalue weighted by Crippen LogP contribution is -2.49. The van der Waals surface area contributed by atoms with Gasteiger partial charge in [0.05, 0.1) is 5.75 Å². The number of amides is 1. The first-order valence-corrected chi connectivity index (χ1v) is 12.7. The highest BCUT2D eigenvalue weighted by Gasteiger charge is 2.32. The van der Waals surface area contributed by atoms with Gasteiger partial charge in [-0.2, -0.15) is 0 Å². The van der Waals surface area contributed by atoms with Crippen LogP contribution in [0, 0.1) is 0 Å². The van der Waals surface area contributed by atoms with Crippen molar-refractivity contribution in [3.8, 4) is 5.75 Å². The van der Waals surface area contributed by atoms with Crippen LogP contribution in [0.25, 0.3) is 0 Å². The molecule has 2 aromatic rings. The molecule has 4 rings (SSSR count). The van der Waals surface area contributed by atoms with Gasteiger partial charge in [-0.05, 0) is 49.9 Å². The van der Waals surface area contributed by atoms with Gasteiger partial charge >= 0.3 is 0 Å². The SMILES string of the molecule is O=C(CSc1nnc(COc2ccc(Cl)cc2)o1)N(C1CCCCC1)C1CCCCC1. The maximum atomic E-state index is 13.2. The van der Waals surface area contributed by atoms with E-state index in [1.807, 2.05) is 0 Å². The number of hydrogen-bond donors (Lipinski definition) is 0. The fourth-order valence-electron chi connectivity index (χ4n) is 4.65. The highest BCUT2D eigenvalue weighted by Crippen LogP contribution is 2.31. The minimum absolute atomic E-state index is 0.180. The first kappa shape index (κ1) is 22.5. The average Bonchev–Trinajstić information content (AvgIpc) is 3.27. The smallest absolute Gasteiger partial charge is 0.277 e. The number of carbonyl (C=O) groups excluding carboxylic acids is 1. The van der Waals surface area contributed by atoms with Gasteiger partial charge in [-0.25, -0.2) is 0 Å². The van der Waals surface area contributed by atoms with Crippen molar-refractivity contribution < 1.29 is 13.9 Å². The fourth-order valence-corrected chi connectivity index (χ4v) is 5.43. The van der Waals surface area contributed by atoms with Crippen LogP contribution in [0.3, 0.4) is 0 Å². The molecular weight excluding hydrogens is 434 g/mol. The predicted molar refractivity (Wildman–Crippen MR) is 121 cm³/mol. The molecule has 1 aromatic heterocycles. The van der Waals surface area contributed by atoms with E-state index in [9.17, 15) is 4.79 Å². The average molecular weight is 464 g/mol. The van der Waals surface area contributed by atoms with Crippen LogP contribution in [0.1, 0.15) is 70.1 Å². The lowest BCUT2D eigenvalue weighted by atomic mass is 9.88. The second kappa shape index (κ2) is 11.2. The lowest BCUT2D eigenvalue weighted by Gasteiger charge is -2.41. The minimum atomic E-state index is 0.180. The van der Waals surface area contributed by atoms with Gasteiger partial charge in [0.25, 0.3) is 11.1 Å². The maximum absolute atomic E-state index is 13.2. The molecule has 0 atom stereocenters. The van der Waals surface area contributed by atoms with Crippen LogP contribution in [0.4, 0.5) is 0 Å². The molecule has 2 fully saturated rings. The van der Waals surface area contributed by atoms with Crippen molar-refractivity contribution in [2.24, 2.45) is 0 Å². The quantitative estimate of drug-likeness (QED) is 0.455. The van der Waals surface area contributed by atoms with Crippen molar-refractivity contribution in [2.75, 3.05) is 5.75 Å². The van der Waals surface area contributed by atoms with Crippen molar-refractivity contribution in [2.45, 2.75) is 88.1 Å². The summed E-state index contributed by atoms with van der Waals surface area (Å²) in [6.07, 6.45) is 12.1. The van der Waals surface area contributed by atoms with Crippen molar-refractivity contribution in [3.05, 3.63) is 35.2 Å². The topological polar surface area (TPSA) is 68.5 Å². The summed E-state index contributed by atoms with van der Waals surface area (Å²) in [7, 11) is 0. The van der Waals surface area contributed by atoms with E-state index in [0.29, 0.717) is 39.7 Å². The molecule has 0 unspecified atom stereocenters. The molecule has 1 heterocycles. The zero-order chi connectivity index (χ0) is 21.5. The van der Waals surface area contributed by atoms with Crippen molar-refractivity contribution in [1.29, 1.82) is 0 Å². The minimum Gasteiger partial charge on any atom is -0.484 e. The van der Waals surface area contributed by atoms with Gasteiger partial charge in [-0.3, -0.25) is 4.79 Å². The Morgan fingerprint density at radius 2 is 1.61 bits per heavy atom. The third-order valence-corrected chi connectivity index (χ3v) is 7.22. The number of halogens is 1. The summed E-state index contributed by atoms with van der Waals surface area (Å²) in [6.45, 7) is 0.180. The van der Waals surface area contributed by atoms with Crippen molar-refractivity contribution in [3.63, 3.8) is 0 Å². The standard InChI is InChI=1S/C23H30ClN3O3S/c24-17-11-13-20(14-12-17)29-15-21-25-26-23(30-21)31-16-22(28)27(18-7-3-1-4-8-18)19-9-5-2-6-10-19/h11-14,18-19H,1-10,15-16H2. The van der Waals surface area contributed by atoms with Gasteiger partial charge in [-0.1, -0.05) is 61.9 Å². The Hall–Kier alpha value is -1.73. The van der Waals surface area contributed by atoms with E-state index in [1.54, 1.807) is 24.3 Å². The Morgan fingerprint density at radius 1 is 1.00 bits per heavy atom. The summed E-state index contributed by atoms with van der Waals surface area (Å²) in [6, 6.07) is 7.91. The molecular formula is C23H30ClN3O3S. The number of nitrogens with zero attached hydrogens (tertiary/aromatic N) is 3. The number of thioether (sulfide) groups is 1. The number of hydrogen-bond acceptors (Lipinski definition) is 6. The number of carbonyl (C=O) groups is 1. The molecule has 2 aliphatic carbocycles. The van der Waals surface area contributed by atoms with E-state index in [0.717, 1.165) is 25.7 Å². The molecule has 8 heteroatoms. The summed E-state index contributed by atoms with van der Waals surface area (Å²) >= 11 is 7.21. The summed E-state index contributed by atoms with van der Waals surface area (Å²) in [4.78, 5) is 15.5. The van der Waals surface area contributed by atoms with Gasteiger partial charge < -0.3 is 14.1 Å². The van der Waals surface area contributed by atoms with E-state index in [4.69, 9.17) is 20.8 Å². The normalized spacial score (nSPS) is 18.1. The summed E-state index contributed by atoms with van der Waals surface area (Å²) in [5.74, 6) is 1.62. The molecule has 0 radical (unpaired) electrons. The molecule has 2 aliphatic rings. The van der Waals surface area contributed by atoms with Crippen LogP contribution in [0.5, 0.6) is 5.75 Å². The van der Waals surface area contributed by atoms with E-state index in [2.05, 4.69) is 15.1 Å². The van der Waals surface area contributed by atoms with Crippen LogP contribution in [-0.2, 0) is 11.4 Å². The molecule has 0 N–H and O–H groups in total. The molecule has 2 saturated carbocycles. The largest absolute Gasteiger partial charge is 0.484 e. The Balaban J connectivity index is 1.31. The molecule has 1 aromatic carbocycles. The van der Waals surface area contributed by atoms with Crippen molar-refractivity contribution in [1.82, 2.24) is 15.1 Å². The Bertz CT molecular complexity index is 815. The van der Waals surface area contributed by atoms with E-state index < -0.39 is 0 Å². The Kier molecular flexibility index (Phi) is 8.14. The summed E-state index contributed by atoms with van der Waals surface area (Å²) in [5, 5.41) is 9.18. The fraction of sp³-hybridized carbons (Fsp3) is 0.609. The van der Waals surface area contributed by atoms with Crippen LogP contribution >= 0.6 is 23.4 Å². The lowest BCUT2D eigenvalue weighted by molar-refractivity contribution is -0.135. The molecule has 0 spiro atoms. The van der Waals surface area contributed by atoms with Crippen LogP contribution < -0.4 is 4.74 Å². The maximum Gasteiger partial charge on any atom is 0.277 e. The number of aromatic nitrogens is 2. The van der Waals surface area contributed by atoms with Gasteiger partial charge in [0.15, 0.2) is 6.61 Å². The monoisotopic (exact) mass is 463 g/mol. The number of benzene rings is 1. The highest BCUT2D eigenvalue weighted by atomic mass is 35.5. The predicted octanol–water partition coefficient (Wildman–Crippen LogP) is 5.89. The third-order valence-electron chi connectivity index (χ3n) is 6.17. The van der Waals surface area contributed by atoms with Crippen molar-refractivity contribution >= 4 is 29.3 Å². The second-order valence-electron chi connectivity index (χ2n) is 8.38. The molecule has 0 aliphatic heterocycles. The van der Waals surface area contributed by atoms with Gasteiger partial charge in [0.2, 0.25) is 5.91 Å². The molecule has 168 valence electrons. The summed E-state index contributed by atoms with van der Waals surface area (Å²) < 4.78 is 11.3. The molecule has 31 heavy (non-hydrogen) atoms. The first-order valence-electron chi connectivity index (χ1n) is 11.3. The zero-order valence-electron chi connectivity index (χ0n) is 17.8. The van der Waals surface area contributed by atoms with Crippen LogP contribution in [0.15, 0.2) is 33.9 Å². The zero-order valence-corrected chi connectivity index (χ0v) is 19.4. The van der Waals surface area contributed by atoms with E-state index in [1.165, 1.54) is 50.3 Å². The Morgan fingerprint density at radius 3 is 2.23 bits per heavy atom.